The Morgan fingerprint density at radius 3 is 3.11 bits per heavy atom. The molecule has 1 aliphatic heterocycles. The lowest BCUT2D eigenvalue weighted by atomic mass is 10.0. The van der Waals surface area contributed by atoms with E-state index in [0.29, 0.717) is 28.8 Å². The highest BCUT2D eigenvalue weighted by molar-refractivity contribution is 9.10. The minimum absolute atomic E-state index is 0.454. The first-order valence-electron chi connectivity index (χ1n) is 6.02. The molecule has 0 saturated carbocycles. The first kappa shape index (κ1) is 13.5. The van der Waals surface area contributed by atoms with Gasteiger partial charge in [0, 0.05) is 6.04 Å². The number of nitrogens with two attached hydrogens (primary N) is 1. The van der Waals surface area contributed by atoms with E-state index in [1.807, 2.05) is 0 Å². The van der Waals surface area contributed by atoms with Crippen molar-refractivity contribution < 1.29 is 4.74 Å². The Hall–Kier alpha value is -0.920. The second-order valence-electron chi connectivity index (χ2n) is 4.43. The molecule has 1 atom stereocenters. The summed E-state index contributed by atoms with van der Waals surface area (Å²) in [6, 6.07) is 0.454. The van der Waals surface area contributed by atoms with Crippen LogP contribution in [0.5, 0.6) is 5.88 Å². The van der Waals surface area contributed by atoms with Gasteiger partial charge in [-0.1, -0.05) is 6.42 Å². The summed E-state index contributed by atoms with van der Waals surface area (Å²) in [5.41, 5.74) is 2.49. The van der Waals surface area contributed by atoms with Crippen LogP contribution in [0.3, 0.4) is 0 Å². The van der Waals surface area contributed by atoms with Crippen LogP contribution in [-0.2, 0) is 0 Å². The summed E-state index contributed by atoms with van der Waals surface area (Å²) in [7, 11) is 2.13. The van der Waals surface area contributed by atoms with Gasteiger partial charge in [0.25, 0.3) is 0 Å². The summed E-state index contributed by atoms with van der Waals surface area (Å²) >= 11 is 3.38. The topological polar surface area (TPSA) is 76.3 Å². The fraction of sp³-hybridized carbons (Fsp3) is 0.636. The van der Waals surface area contributed by atoms with Gasteiger partial charge in [0.15, 0.2) is 5.82 Å². The Kier molecular flexibility index (Phi) is 4.73. The van der Waals surface area contributed by atoms with E-state index >= 15 is 0 Å². The van der Waals surface area contributed by atoms with Gasteiger partial charge in [-0.05, 0) is 42.4 Å². The van der Waals surface area contributed by atoms with Crippen molar-refractivity contribution in [3.8, 4) is 5.88 Å². The van der Waals surface area contributed by atoms with Crippen LogP contribution in [0.15, 0.2) is 10.8 Å². The van der Waals surface area contributed by atoms with E-state index in [4.69, 9.17) is 10.6 Å². The summed E-state index contributed by atoms with van der Waals surface area (Å²) < 4.78 is 6.41. The Morgan fingerprint density at radius 2 is 2.39 bits per heavy atom. The van der Waals surface area contributed by atoms with Crippen LogP contribution < -0.4 is 16.0 Å². The molecular weight excluding hydrogens is 298 g/mol. The lowest BCUT2D eigenvalue weighted by Crippen LogP contribution is -2.40. The molecule has 1 aromatic heterocycles. The van der Waals surface area contributed by atoms with Crippen LogP contribution in [0.2, 0.25) is 0 Å². The van der Waals surface area contributed by atoms with Gasteiger partial charge in [-0.25, -0.2) is 15.8 Å². The Labute approximate surface area is 115 Å². The van der Waals surface area contributed by atoms with E-state index in [1.54, 1.807) is 0 Å². The maximum absolute atomic E-state index is 5.75. The molecule has 1 aromatic rings. The minimum Gasteiger partial charge on any atom is -0.475 e. The summed E-state index contributed by atoms with van der Waals surface area (Å²) in [4.78, 5) is 10.4. The number of rotatable bonds is 4. The third-order valence-corrected chi connectivity index (χ3v) is 3.94. The Morgan fingerprint density at radius 1 is 1.56 bits per heavy atom. The molecule has 0 aliphatic carbocycles. The predicted molar refractivity (Wildman–Crippen MR) is 73.3 cm³/mol. The van der Waals surface area contributed by atoms with Gasteiger partial charge in [0.05, 0.1) is 0 Å². The SMILES string of the molecule is CN1CCCCC1COc1ncnc(NN)c1Br. The average molecular weight is 316 g/mol. The molecule has 1 unspecified atom stereocenters. The zero-order valence-corrected chi connectivity index (χ0v) is 12.0. The first-order chi connectivity index (χ1) is 8.72. The molecule has 7 heteroatoms. The number of piperidine rings is 1. The highest BCUT2D eigenvalue weighted by Gasteiger charge is 2.20. The molecule has 2 rings (SSSR count). The van der Waals surface area contributed by atoms with E-state index < -0.39 is 0 Å². The average Bonchev–Trinajstić information content (AvgIpc) is 2.39. The Bertz CT molecular complexity index is 403. The number of anilines is 1. The molecule has 3 N–H and O–H groups in total. The van der Waals surface area contributed by atoms with Crippen molar-refractivity contribution >= 4 is 21.7 Å². The lowest BCUT2D eigenvalue weighted by Gasteiger charge is -2.32. The van der Waals surface area contributed by atoms with E-state index in [9.17, 15) is 0 Å². The first-order valence-corrected chi connectivity index (χ1v) is 6.82. The number of nitrogens with zero attached hydrogens (tertiary/aromatic N) is 3. The van der Waals surface area contributed by atoms with Gasteiger partial charge < -0.3 is 15.1 Å². The van der Waals surface area contributed by atoms with Crippen molar-refractivity contribution in [2.45, 2.75) is 25.3 Å². The third-order valence-electron chi connectivity index (χ3n) is 3.23. The number of likely N-dealkylation sites (N-methyl/N-ethyl adjacent to an activating group) is 1. The van der Waals surface area contributed by atoms with Crippen molar-refractivity contribution in [1.29, 1.82) is 0 Å². The second kappa shape index (κ2) is 6.31. The van der Waals surface area contributed by atoms with Crippen LogP contribution in [-0.4, -0.2) is 41.1 Å². The van der Waals surface area contributed by atoms with Crippen molar-refractivity contribution in [3.63, 3.8) is 0 Å². The highest BCUT2D eigenvalue weighted by atomic mass is 79.9. The summed E-state index contributed by atoms with van der Waals surface area (Å²) in [5, 5.41) is 0. The fourth-order valence-corrected chi connectivity index (χ4v) is 2.52. The standard InChI is InChI=1S/C11H18BrN5O/c1-17-5-3-2-4-8(17)6-18-11-9(12)10(16-13)14-7-15-11/h7-8H,2-6,13H2,1H3,(H,14,15,16). The number of hydrazine groups is 1. The third kappa shape index (κ3) is 3.09. The molecule has 0 amide bonds. The monoisotopic (exact) mass is 315 g/mol. The van der Waals surface area contributed by atoms with Gasteiger partial charge >= 0.3 is 0 Å². The molecule has 6 nitrogen and oxygen atoms in total. The predicted octanol–water partition coefficient (Wildman–Crippen LogP) is 1.39. The van der Waals surface area contributed by atoms with Crippen molar-refractivity contribution in [2.75, 3.05) is 25.6 Å². The number of halogens is 1. The molecule has 1 fully saturated rings. The Balaban J connectivity index is 1.97. The van der Waals surface area contributed by atoms with Crippen LogP contribution in [0.25, 0.3) is 0 Å². The molecule has 0 bridgehead atoms. The normalized spacial score (nSPS) is 20.7. The molecule has 18 heavy (non-hydrogen) atoms. The zero-order valence-electron chi connectivity index (χ0n) is 10.4. The summed E-state index contributed by atoms with van der Waals surface area (Å²) in [5.74, 6) is 6.40. The second-order valence-corrected chi connectivity index (χ2v) is 5.22. The molecule has 2 heterocycles. The minimum atomic E-state index is 0.454. The molecular formula is C11H18BrN5O. The van der Waals surface area contributed by atoms with E-state index in [2.05, 4.69) is 43.3 Å². The van der Waals surface area contributed by atoms with E-state index in [1.165, 1.54) is 25.6 Å². The fourth-order valence-electron chi connectivity index (χ4n) is 2.08. The smallest absolute Gasteiger partial charge is 0.233 e. The van der Waals surface area contributed by atoms with Crippen molar-refractivity contribution in [3.05, 3.63) is 10.8 Å². The van der Waals surface area contributed by atoms with Gasteiger partial charge in [0.1, 0.15) is 17.4 Å². The van der Waals surface area contributed by atoms with Gasteiger partial charge in [0.2, 0.25) is 5.88 Å². The molecule has 0 radical (unpaired) electrons. The largest absolute Gasteiger partial charge is 0.475 e. The molecule has 1 aliphatic rings. The van der Waals surface area contributed by atoms with Gasteiger partial charge in [-0.3, -0.25) is 0 Å². The van der Waals surface area contributed by atoms with Crippen LogP contribution in [0.1, 0.15) is 19.3 Å². The van der Waals surface area contributed by atoms with E-state index in [0.717, 1.165) is 6.54 Å². The van der Waals surface area contributed by atoms with Gasteiger partial charge in [-0.15, -0.1) is 0 Å². The number of aromatic nitrogens is 2. The number of nitrogens with one attached hydrogen (secondary N) is 1. The summed E-state index contributed by atoms with van der Waals surface area (Å²) in [6.45, 7) is 1.77. The maximum Gasteiger partial charge on any atom is 0.233 e. The number of ether oxygens (including phenoxy) is 1. The van der Waals surface area contributed by atoms with Crippen LogP contribution in [0, 0.1) is 0 Å². The number of nitrogen functional groups attached to an aromatic ring is 1. The van der Waals surface area contributed by atoms with Crippen LogP contribution >= 0.6 is 15.9 Å². The molecule has 0 aromatic carbocycles. The zero-order chi connectivity index (χ0) is 13.0. The molecule has 1 saturated heterocycles. The number of likely N-dealkylation sites (tertiary alicyclic amines) is 1. The highest BCUT2D eigenvalue weighted by Crippen LogP contribution is 2.28. The molecule has 0 spiro atoms. The van der Waals surface area contributed by atoms with Crippen LogP contribution in [0.4, 0.5) is 5.82 Å². The lowest BCUT2D eigenvalue weighted by molar-refractivity contribution is 0.122. The van der Waals surface area contributed by atoms with E-state index in [-0.39, 0.29) is 0 Å². The number of hydrogen-bond donors (Lipinski definition) is 2. The maximum atomic E-state index is 5.75. The van der Waals surface area contributed by atoms with Crippen molar-refractivity contribution in [1.82, 2.24) is 14.9 Å². The van der Waals surface area contributed by atoms with Gasteiger partial charge in [-0.2, -0.15) is 0 Å². The van der Waals surface area contributed by atoms with Crippen molar-refractivity contribution in [2.24, 2.45) is 5.84 Å². The molecule has 100 valence electrons. The quantitative estimate of drug-likeness (QED) is 0.646. The summed E-state index contributed by atoms with van der Waals surface area (Å²) in [6.07, 6.45) is 5.13. The number of hydrogen-bond acceptors (Lipinski definition) is 6.